The molecule has 0 fully saturated rings. The summed E-state index contributed by atoms with van der Waals surface area (Å²) in [6.07, 6.45) is 30.4. The molecule has 0 rings (SSSR count). The van der Waals surface area contributed by atoms with Crippen molar-refractivity contribution in [3.8, 4) is 0 Å². The molecule has 0 aliphatic carbocycles. The molecule has 1 N–H and O–H groups in total. The van der Waals surface area contributed by atoms with Gasteiger partial charge in [-0.05, 0) is 43.9 Å². The highest BCUT2D eigenvalue weighted by atomic mass is 19.1. The van der Waals surface area contributed by atoms with Gasteiger partial charge in [-0.25, -0.2) is 4.39 Å². The Labute approximate surface area is 192 Å². The first-order chi connectivity index (χ1) is 14.9. The van der Waals surface area contributed by atoms with E-state index in [2.05, 4.69) is 74.7 Å². The second kappa shape index (κ2) is 20.3. The van der Waals surface area contributed by atoms with Gasteiger partial charge in [0.2, 0.25) is 5.91 Å². The van der Waals surface area contributed by atoms with Crippen molar-refractivity contribution < 1.29 is 9.18 Å². The van der Waals surface area contributed by atoms with Gasteiger partial charge in [-0.15, -0.1) is 0 Å². The van der Waals surface area contributed by atoms with Crippen LogP contribution in [0.15, 0.2) is 48.6 Å². The van der Waals surface area contributed by atoms with Gasteiger partial charge in [0, 0.05) is 12.5 Å². The predicted octanol–water partition coefficient (Wildman–Crippen LogP) is 8.27. The Hall–Kier alpha value is -1.64. The number of carbonyl (C=O) groups excluding carboxylic acids is 1. The summed E-state index contributed by atoms with van der Waals surface area (Å²) < 4.78 is 12.0. The minimum Gasteiger partial charge on any atom is -0.353 e. The molecule has 0 aromatic heterocycles. The summed E-state index contributed by atoms with van der Waals surface area (Å²) in [5.74, 6) is -0.124. The quantitative estimate of drug-likeness (QED) is 0.161. The summed E-state index contributed by atoms with van der Waals surface area (Å²) in [4.78, 5) is 11.6. The van der Waals surface area contributed by atoms with Crippen molar-refractivity contribution in [2.24, 2.45) is 11.3 Å². The van der Waals surface area contributed by atoms with Crippen molar-refractivity contribution >= 4 is 5.91 Å². The van der Waals surface area contributed by atoms with Crippen molar-refractivity contribution in [1.82, 2.24) is 5.32 Å². The van der Waals surface area contributed by atoms with Crippen LogP contribution in [-0.2, 0) is 4.79 Å². The zero-order chi connectivity index (χ0) is 23.2. The van der Waals surface area contributed by atoms with Crippen LogP contribution in [0.25, 0.3) is 0 Å². The number of nitrogens with one attached hydrogen (secondary N) is 1. The summed E-state index contributed by atoms with van der Waals surface area (Å²) in [7, 11) is 0. The first-order valence-electron chi connectivity index (χ1n) is 12.4. The van der Waals surface area contributed by atoms with Crippen LogP contribution in [0.1, 0.15) is 98.3 Å². The number of amides is 1. The molecule has 0 radical (unpaired) electrons. The molecule has 1 unspecified atom stereocenters. The predicted molar refractivity (Wildman–Crippen MR) is 135 cm³/mol. The normalized spacial score (nSPS) is 13.8. The summed E-state index contributed by atoms with van der Waals surface area (Å²) in [6.45, 7) is 8.44. The van der Waals surface area contributed by atoms with E-state index < -0.39 is 6.67 Å². The molecule has 0 heterocycles. The molecular weight excluding hydrogens is 385 g/mol. The van der Waals surface area contributed by atoms with Crippen LogP contribution in [0, 0.1) is 11.3 Å². The molecule has 0 spiro atoms. The van der Waals surface area contributed by atoms with E-state index in [1.54, 1.807) is 0 Å². The number of hydrogen-bond acceptors (Lipinski definition) is 1. The Morgan fingerprint density at radius 2 is 1.48 bits per heavy atom. The third kappa shape index (κ3) is 20.0. The van der Waals surface area contributed by atoms with Crippen LogP contribution >= 0.6 is 0 Å². The zero-order valence-corrected chi connectivity index (χ0v) is 20.7. The van der Waals surface area contributed by atoms with E-state index in [4.69, 9.17) is 0 Å². The minimum absolute atomic E-state index is 0.0569. The molecular formula is C28H48FNO. The maximum Gasteiger partial charge on any atom is 0.222 e. The maximum absolute atomic E-state index is 12.0. The highest BCUT2D eigenvalue weighted by Crippen LogP contribution is 2.25. The van der Waals surface area contributed by atoms with Crippen molar-refractivity contribution in [3.63, 3.8) is 0 Å². The number of hydrogen-bond donors (Lipinski definition) is 1. The third-order valence-corrected chi connectivity index (χ3v) is 5.42. The summed E-state index contributed by atoms with van der Waals surface area (Å²) in [5.41, 5.74) is 0.308. The van der Waals surface area contributed by atoms with Crippen molar-refractivity contribution in [2.45, 2.75) is 98.3 Å². The molecule has 1 atom stereocenters. The van der Waals surface area contributed by atoms with E-state index in [1.165, 1.54) is 38.5 Å². The Morgan fingerprint density at radius 1 is 0.903 bits per heavy atom. The molecule has 0 bridgehead atoms. The van der Waals surface area contributed by atoms with E-state index >= 15 is 0 Å². The van der Waals surface area contributed by atoms with E-state index in [9.17, 15) is 9.18 Å². The van der Waals surface area contributed by atoms with E-state index in [-0.39, 0.29) is 18.4 Å². The Morgan fingerprint density at radius 3 is 2.10 bits per heavy atom. The Balaban J connectivity index is 3.79. The summed E-state index contributed by atoms with van der Waals surface area (Å²) >= 11 is 0. The van der Waals surface area contributed by atoms with Gasteiger partial charge >= 0.3 is 0 Å². The molecule has 0 aliphatic rings. The fourth-order valence-corrected chi connectivity index (χ4v) is 3.31. The zero-order valence-electron chi connectivity index (χ0n) is 20.7. The molecule has 0 saturated carbocycles. The molecule has 178 valence electrons. The Bertz CT molecular complexity index is 545. The third-order valence-electron chi connectivity index (χ3n) is 5.42. The van der Waals surface area contributed by atoms with Crippen LogP contribution in [-0.4, -0.2) is 19.1 Å². The van der Waals surface area contributed by atoms with Gasteiger partial charge < -0.3 is 5.32 Å². The van der Waals surface area contributed by atoms with E-state index in [1.807, 2.05) is 6.92 Å². The monoisotopic (exact) mass is 433 g/mol. The van der Waals surface area contributed by atoms with Gasteiger partial charge in [-0.3, -0.25) is 4.79 Å². The largest absolute Gasteiger partial charge is 0.353 e. The van der Waals surface area contributed by atoms with Gasteiger partial charge in [-0.2, -0.15) is 0 Å². The highest BCUT2D eigenvalue weighted by Gasteiger charge is 2.12. The van der Waals surface area contributed by atoms with Crippen LogP contribution in [0.4, 0.5) is 4.39 Å². The summed E-state index contributed by atoms with van der Waals surface area (Å²) in [5, 5.41) is 2.59. The lowest BCUT2D eigenvalue weighted by Gasteiger charge is -2.19. The smallest absolute Gasteiger partial charge is 0.222 e. The van der Waals surface area contributed by atoms with Crippen molar-refractivity contribution in [2.75, 3.05) is 13.2 Å². The lowest BCUT2D eigenvalue weighted by Crippen LogP contribution is -2.30. The SMILES string of the molecule is CCCCCCCC(C)(C)/C=C\C/C=C\C/C=C\C/C=C\CCC(C)C(=O)NCCF. The van der Waals surface area contributed by atoms with Gasteiger partial charge in [-0.1, -0.05) is 108 Å². The van der Waals surface area contributed by atoms with Gasteiger partial charge in [0.25, 0.3) is 0 Å². The number of alkyl halides is 1. The molecule has 31 heavy (non-hydrogen) atoms. The van der Waals surface area contributed by atoms with Crippen LogP contribution in [0.5, 0.6) is 0 Å². The highest BCUT2D eigenvalue weighted by molar-refractivity contribution is 5.78. The topological polar surface area (TPSA) is 29.1 Å². The molecule has 0 aromatic carbocycles. The van der Waals surface area contributed by atoms with Crippen molar-refractivity contribution in [1.29, 1.82) is 0 Å². The summed E-state index contributed by atoms with van der Waals surface area (Å²) in [6, 6.07) is 0. The molecule has 0 aliphatic heterocycles. The fourth-order valence-electron chi connectivity index (χ4n) is 3.31. The second-order valence-corrected chi connectivity index (χ2v) is 9.13. The average molecular weight is 434 g/mol. The fraction of sp³-hybridized carbons (Fsp3) is 0.679. The molecule has 3 heteroatoms. The minimum atomic E-state index is -0.506. The maximum atomic E-state index is 12.0. The number of halogens is 1. The number of unbranched alkanes of at least 4 members (excludes halogenated alkanes) is 4. The number of allylic oxidation sites excluding steroid dienone is 8. The standard InChI is InChI=1S/C28H48FNO/c1-5-6-7-16-19-22-28(3,4)23-20-17-14-12-10-8-9-11-13-15-18-21-26(2)27(31)30-25-24-29/h8-9,12-15,20,23,26H,5-7,10-11,16-19,21-22,24-25H2,1-4H3,(H,30,31)/b9-8-,14-12-,15-13-,23-20-. The van der Waals surface area contributed by atoms with Gasteiger partial charge in [0.15, 0.2) is 0 Å². The van der Waals surface area contributed by atoms with Crippen LogP contribution < -0.4 is 5.32 Å². The average Bonchev–Trinajstić information content (AvgIpc) is 2.74. The van der Waals surface area contributed by atoms with Crippen LogP contribution in [0.3, 0.4) is 0 Å². The first kappa shape index (κ1) is 29.4. The molecule has 1 amide bonds. The molecule has 0 aromatic rings. The van der Waals surface area contributed by atoms with Gasteiger partial charge in [0.1, 0.15) is 6.67 Å². The molecule has 2 nitrogen and oxygen atoms in total. The number of rotatable bonds is 19. The van der Waals surface area contributed by atoms with Crippen LogP contribution in [0.2, 0.25) is 0 Å². The second-order valence-electron chi connectivity index (χ2n) is 9.13. The van der Waals surface area contributed by atoms with Gasteiger partial charge in [0.05, 0.1) is 0 Å². The first-order valence-corrected chi connectivity index (χ1v) is 12.4. The Kier molecular flexibility index (Phi) is 19.2. The molecule has 0 saturated heterocycles. The van der Waals surface area contributed by atoms with E-state index in [0.717, 1.165) is 32.1 Å². The number of carbonyl (C=O) groups is 1. The lowest BCUT2D eigenvalue weighted by molar-refractivity contribution is -0.124. The van der Waals surface area contributed by atoms with E-state index in [0.29, 0.717) is 5.41 Å². The van der Waals surface area contributed by atoms with Crippen molar-refractivity contribution in [3.05, 3.63) is 48.6 Å². The lowest BCUT2D eigenvalue weighted by atomic mass is 9.86.